The maximum absolute atomic E-state index is 6.03. The number of hydrogen-bond donors (Lipinski definition) is 1. The highest BCUT2D eigenvalue weighted by Crippen LogP contribution is 2.27. The monoisotopic (exact) mass is 272 g/mol. The summed E-state index contributed by atoms with van der Waals surface area (Å²) in [5, 5.41) is 6.37. The van der Waals surface area contributed by atoms with Gasteiger partial charge in [0, 0.05) is 11.1 Å². The highest BCUT2D eigenvalue weighted by atomic mass is 35.5. The van der Waals surface area contributed by atoms with E-state index in [1.165, 1.54) is 4.88 Å². The molecular weight excluding hydrogens is 263 g/mol. The first-order chi connectivity index (χ1) is 7.66. The number of rotatable bonds is 3. The molecule has 0 aliphatic rings. The highest BCUT2D eigenvalue weighted by Gasteiger charge is 2.09. The fraction of sp³-hybridized carbons (Fsp3) is 0.182. The van der Waals surface area contributed by atoms with Crippen molar-refractivity contribution in [2.45, 2.75) is 13.0 Å². The quantitative estimate of drug-likeness (QED) is 0.882. The van der Waals surface area contributed by atoms with Crippen LogP contribution in [0.3, 0.4) is 0 Å². The molecule has 0 bridgehead atoms. The van der Waals surface area contributed by atoms with Crippen molar-refractivity contribution in [2.24, 2.45) is 0 Å². The largest absolute Gasteiger partial charge is 0.362 e. The Morgan fingerprint density at radius 2 is 2.25 bits per heavy atom. The molecule has 0 saturated heterocycles. The predicted molar refractivity (Wildman–Crippen MR) is 70.6 cm³/mol. The Balaban J connectivity index is 2.15. The van der Waals surface area contributed by atoms with Crippen LogP contribution in [0.2, 0.25) is 10.0 Å². The third-order valence-corrected chi connectivity index (χ3v) is 3.68. The van der Waals surface area contributed by atoms with Crippen molar-refractivity contribution in [1.82, 2.24) is 4.98 Å². The number of halogens is 2. The SMILES string of the molecule is CC(Nc1ncc(Cl)cc1Cl)c1cccs1. The Hall–Kier alpha value is -0.770. The van der Waals surface area contributed by atoms with Crippen LogP contribution < -0.4 is 5.32 Å². The normalized spacial score (nSPS) is 12.4. The summed E-state index contributed by atoms with van der Waals surface area (Å²) in [5.74, 6) is 0.659. The molecule has 0 fully saturated rings. The van der Waals surface area contributed by atoms with Crippen LogP contribution in [-0.4, -0.2) is 4.98 Å². The first-order valence-electron chi connectivity index (χ1n) is 4.78. The van der Waals surface area contributed by atoms with E-state index >= 15 is 0 Å². The van der Waals surface area contributed by atoms with E-state index in [9.17, 15) is 0 Å². The van der Waals surface area contributed by atoms with Gasteiger partial charge in [-0.3, -0.25) is 0 Å². The second-order valence-electron chi connectivity index (χ2n) is 3.37. The smallest absolute Gasteiger partial charge is 0.145 e. The lowest BCUT2D eigenvalue weighted by atomic mass is 10.3. The first-order valence-corrected chi connectivity index (χ1v) is 6.41. The van der Waals surface area contributed by atoms with Crippen LogP contribution in [0.1, 0.15) is 17.8 Å². The van der Waals surface area contributed by atoms with Gasteiger partial charge in [-0.1, -0.05) is 29.3 Å². The Labute approximate surface area is 108 Å². The van der Waals surface area contributed by atoms with Crippen LogP contribution in [0, 0.1) is 0 Å². The number of aromatic nitrogens is 1. The van der Waals surface area contributed by atoms with Gasteiger partial charge in [0.05, 0.1) is 16.1 Å². The van der Waals surface area contributed by atoms with Gasteiger partial charge in [-0.05, 0) is 24.4 Å². The molecule has 5 heteroatoms. The van der Waals surface area contributed by atoms with E-state index < -0.39 is 0 Å². The third kappa shape index (κ3) is 2.67. The van der Waals surface area contributed by atoms with E-state index in [0.717, 1.165) is 0 Å². The van der Waals surface area contributed by atoms with Crippen LogP contribution in [0.15, 0.2) is 29.8 Å². The van der Waals surface area contributed by atoms with Crippen LogP contribution >= 0.6 is 34.5 Å². The second-order valence-corrected chi connectivity index (χ2v) is 5.19. The van der Waals surface area contributed by atoms with Crippen molar-refractivity contribution in [3.8, 4) is 0 Å². The van der Waals surface area contributed by atoms with Gasteiger partial charge in [0.25, 0.3) is 0 Å². The zero-order valence-corrected chi connectivity index (χ0v) is 10.9. The number of anilines is 1. The van der Waals surface area contributed by atoms with E-state index in [0.29, 0.717) is 15.9 Å². The minimum atomic E-state index is 0.186. The zero-order chi connectivity index (χ0) is 11.5. The average Bonchev–Trinajstić information content (AvgIpc) is 2.75. The summed E-state index contributed by atoms with van der Waals surface area (Å²) in [6, 6.07) is 5.96. The molecule has 0 saturated carbocycles. The summed E-state index contributed by atoms with van der Waals surface area (Å²) in [6.45, 7) is 2.07. The molecule has 1 unspecified atom stereocenters. The highest BCUT2D eigenvalue weighted by molar-refractivity contribution is 7.10. The lowest BCUT2D eigenvalue weighted by molar-refractivity contribution is 0.897. The van der Waals surface area contributed by atoms with E-state index in [1.807, 2.05) is 11.4 Å². The van der Waals surface area contributed by atoms with E-state index in [-0.39, 0.29) is 6.04 Å². The summed E-state index contributed by atoms with van der Waals surface area (Å²) >= 11 is 13.5. The number of thiophene rings is 1. The van der Waals surface area contributed by atoms with Gasteiger partial charge in [-0.2, -0.15) is 0 Å². The minimum Gasteiger partial charge on any atom is -0.362 e. The molecular formula is C11H10Cl2N2S. The van der Waals surface area contributed by atoms with Gasteiger partial charge in [0.2, 0.25) is 0 Å². The van der Waals surface area contributed by atoms with Gasteiger partial charge in [-0.25, -0.2) is 4.98 Å². The molecule has 2 aromatic heterocycles. The first kappa shape index (κ1) is 11.7. The molecule has 2 rings (SSSR count). The summed E-state index contributed by atoms with van der Waals surface area (Å²) in [4.78, 5) is 5.40. The Bertz CT molecular complexity index is 471. The topological polar surface area (TPSA) is 24.9 Å². The molecule has 2 heterocycles. The lowest BCUT2D eigenvalue weighted by Crippen LogP contribution is -2.06. The molecule has 1 N–H and O–H groups in total. The van der Waals surface area contributed by atoms with Gasteiger partial charge in [-0.15, -0.1) is 11.3 Å². The van der Waals surface area contributed by atoms with Gasteiger partial charge >= 0.3 is 0 Å². The summed E-state index contributed by atoms with van der Waals surface area (Å²) < 4.78 is 0. The van der Waals surface area contributed by atoms with Crippen molar-refractivity contribution in [3.05, 3.63) is 44.7 Å². The molecule has 0 spiro atoms. The van der Waals surface area contributed by atoms with E-state index in [2.05, 4.69) is 23.3 Å². The molecule has 16 heavy (non-hydrogen) atoms. The molecule has 2 nitrogen and oxygen atoms in total. The fourth-order valence-electron chi connectivity index (χ4n) is 1.33. The van der Waals surface area contributed by atoms with Crippen LogP contribution in [-0.2, 0) is 0 Å². The summed E-state index contributed by atoms with van der Waals surface area (Å²) in [5.41, 5.74) is 0. The molecule has 84 valence electrons. The standard InChI is InChI=1S/C11H10Cl2N2S/c1-7(10-3-2-4-16-10)15-11-9(13)5-8(12)6-14-11/h2-7H,1H3,(H,14,15). The molecule has 0 aliphatic heterocycles. The predicted octanol–water partition coefficient (Wildman–Crippen LogP) is 4.62. The van der Waals surface area contributed by atoms with Crippen molar-refractivity contribution in [1.29, 1.82) is 0 Å². The molecule has 2 aromatic rings. The van der Waals surface area contributed by atoms with Crippen molar-refractivity contribution in [2.75, 3.05) is 5.32 Å². The zero-order valence-electron chi connectivity index (χ0n) is 8.58. The van der Waals surface area contributed by atoms with Gasteiger partial charge < -0.3 is 5.32 Å². The Morgan fingerprint density at radius 1 is 1.44 bits per heavy atom. The van der Waals surface area contributed by atoms with Gasteiger partial charge in [0.15, 0.2) is 0 Å². The number of hydrogen-bond acceptors (Lipinski definition) is 3. The summed E-state index contributed by atoms with van der Waals surface area (Å²) in [7, 11) is 0. The number of nitrogens with one attached hydrogen (secondary N) is 1. The fourth-order valence-corrected chi connectivity index (χ4v) is 2.50. The molecule has 0 aromatic carbocycles. The van der Waals surface area contributed by atoms with Crippen LogP contribution in [0.5, 0.6) is 0 Å². The molecule has 0 aliphatic carbocycles. The van der Waals surface area contributed by atoms with Gasteiger partial charge in [0.1, 0.15) is 5.82 Å². The number of pyridine rings is 1. The van der Waals surface area contributed by atoms with E-state index in [1.54, 1.807) is 23.6 Å². The van der Waals surface area contributed by atoms with E-state index in [4.69, 9.17) is 23.2 Å². The minimum absolute atomic E-state index is 0.186. The van der Waals surface area contributed by atoms with Crippen LogP contribution in [0.4, 0.5) is 5.82 Å². The Morgan fingerprint density at radius 3 is 2.88 bits per heavy atom. The molecule has 0 amide bonds. The van der Waals surface area contributed by atoms with Crippen LogP contribution in [0.25, 0.3) is 0 Å². The second kappa shape index (κ2) is 5.04. The van der Waals surface area contributed by atoms with Crippen molar-refractivity contribution >= 4 is 40.4 Å². The molecule has 0 radical (unpaired) electrons. The maximum atomic E-state index is 6.03. The number of nitrogens with zero attached hydrogens (tertiary/aromatic N) is 1. The third-order valence-electron chi connectivity index (χ3n) is 2.13. The lowest BCUT2D eigenvalue weighted by Gasteiger charge is -2.13. The van der Waals surface area contributed by atoms with Crippen molar-refractivity contribution < 1.29 is 0 Å². The van der Waals surface area contributed by atoms with Crippen molar-refractivity contribution in [3.63, 3.8) is 0 Å². The Kier molecular flexibility index (Phi) is 3.69. The average molecular weight is 273 g/mol. The summed E-state index contributed by atoms with van der Waals surface area (Å²) in [6.07, 6.45) is 1.58. The maximum Gasteiger partial charge on any atom is 0.145 e. The molecule has 1 atom stereocenters.